The van der Waals surface area contributed by atoms with Gasteiger partial charge < -0.3 is 4.74 Å². The minimum Gasteiger partial charge on any atom is -0.496 e. The summed E-state index contributed by atoms with van der Waals surface area (Å²) in [6, 6.07) is 5.57. The van der Waals surface area contributed by atoms with Crippen LogP contribution in [0.25, 0.3) is 27.2 Å². The van der Waals surface area contributed by atoms with E-state index in [0.29, 0.717) is 11.6 Å². The van der Waals surface area contributed by atoms with Crippen LogP contribution in [0.4, 0.5) is 5.82 Å². The van der Waals surface area contributed by atoms with Crippen molar-refractivity contribution in [3.05, 3.63) is 47.2 Å². The van der Waals surface area contributed by atoms with Crippen molar-refractivity contribution in [3.8, 4) is 11.6 Å². The van der Waals surface area contributed by atoms with Gasteiger partial charge in [0.05, 0.1) is 24.2 Å². The molecular formula is C12H9N7O. The SMILES string of the molecule is COc1cccc2c1cnn2-c1nccnc1N=[N+]=[N-]. The van der Waals surface area contributed by atoms with Crippen molar-refractivity contribution in [2.24, 2.45) is 5.11 Å². The molecule has 0 amide bonds. The Hall–Kier alpha value is -3.12. The van der Waals surface area contributed by atoms with Gasteiger partial charge in [0.1, 0.15) is 5.75 Å². The number of nitrogens with zero attached hydrogens (tertiary/aromatic N) is 7. The molecule has 2 heterocycles. The van der Waals surface area contributed by atoms with Gasteiger partial charge in [-0.25, -0.2) is 14.6 Å². The summed E-state index contributed by atoms with van der Waals surface area (Å²) in [6.45, 7) is 0. The number of fused-ring (bicyclic) bond motifs is 1. The maximum absolute atomic E-state index is 8.58. The molecule has 0 unspecified atom stereocenters. The van der Waals surface area contributed by atoms with Crippen molar-refractivity contribution in [3.63, 3.8) is 0 Å². The van der Waals surface area contributed by atoms with Crippen LogP contribution in [0.3, 0.4) is 0 Å². The molecule has 3 rings (SSSR count). The Kier molecular flexibility index (Phi) is 2.91. The normalized spacial score (nSPS) is 10.2. The number of benzene rings is 1. The molecule has 3 aromatic rings. The largest absolute Gasteiger partial charge is 0.496 e. The number of methoxy groups -OCH3 is 1. The molecular weight excluding hydrogens is 258 g/mol. The number of ether oxygens (including phenoxy) is 1. The summed E-state index contributed by atoms with van der Waals surface area (Å²) >= 11 is 0. The maximum atomic E-state index is 8.58. The minimum atomic E-state index is 0.169. The zero-order chi connectivity index (χ0) is 13.9. The number of aromatic nitrogens is 4. The van der Waals surface area contributed by atoms with Crippen LogP contribution in [0.15, 0.2) is 41.9 Å². The highest BCUT2D eigenvalue weighted by molar-refractivity contribution is 5.86. The van der Waals surface area contributed by atoms with Crippen LogP contribution in [0, 0.1) is 0 Å². The highest BCUT2D eigenvalue weighted by atomic mass is 16.5. The average Bonchev–Trinajstić information content (AvgIpc) is 2.92. The standard InChI is InChI=1S/C12H9N7O/c1-20-10-4-2-3-9-8(10)7-16-19(9)12-11(17-18-13)14-5-6-15-12/h2-7H,1H3. The van der Waals surface area contributed by atoms with Crippen LogP contribution in [0.1, 0.15) is 0 Å². The van der Waals surface area contributed by atoms with Gasteiger partial charge in [0.15, 0.2) is 11.6 Å². The van der Waals surface area contributed by atoms with E-state index in [2.05, 4.69) is 25.1 Å². The van der Waals surface area contributed by atoms with Crippen molar-refractivity contribution in [2.45, 2.75) is 0 Å². The van der Waals surface area contributed by atoms with Crippen LogP contribution in [-0.2, 0) is 0 Å². The van der Waals surface area contributed by atoms with Gasteiger partial charge in [0, 0.05) is 17.3 Å². The molecule has 0 N–H and O–H groups in total. The van der Waals surface area contributed by atoms with Crippen LogP contribution in [-0.4, -0.2) is 26.9 Å². The Morgan fingerprint density at radius 3 is 2.95 bits per heavy atom. The average molecular weight is 267 g/mol. The summed E-state index contributed by atoms with van der Waals surface area (Å²) in [4.78, 5) is 10.9. The van der Waals surface area contributed by atoms with Crippen molar-refractivity contribution in [2.75, 3.05) is 7.11 Å². The van der Waals surface area contributed by atoms with E-state index >= 15 is 0 Å². The first-order valence-corrected chi connectivity index (χ1v) is 5.72. The molecule has 0 saturated heterocycles. The number of hydrogen-bond acceptors (Lipinski definition) is 5. The predicted octanol–water partition coefficient (Wildman–Crippen LogP) is 2.77. The number of hydrogen-bond donors (Lipinski definition) is 0. The van der Waals surface area contributed by atoms with Gasteiger partial charge in [-0.15, -0.1) is 0 Å². The van der Waals surface area contributed by atoms with E-state index in [1.165, 1.54) is 12.4 Å². The fourth-order valence-electron chi connectivity index (χ4n) is 1.96. The van der Waals surface area contributed by atoms with Crippen LogP contribution in [0.2, 0.25) is 0 Å². The molecule has 0 atom stereocenters. The lowest BCUT2D eigenvalue weighted by atomic mass is 10.2. The smallest absolute Gasteiger partial charge is 0.182 e. The Morgan fingerprint density at radius 2 is 2.15 bits per heavy atom. The Bertz CT molecular complexity index is 820. The van der Waals surface area contributed by atoms with E-state index in [9.17, 15) is 0 Å². The van der Waals surface area contributed by atoms with Gasteiger partial charge in [0.25, 0.3) is 0 Å². The monoisotopic (exact) mass is 267 g/mol. The van der Waals surface area contributed by atoms with Gasteiger partial charge in [0.2, 0.25) is 0 Å². The molecule has 0 aliphatic heterocycles. The minimum absolute atomic E-state index is 0.169. The molecule has 0 aliphatic carbocycles. The highest BCUT2D eigenvalue weighted by Crippen LogP contribution is 2.28. The lowest BCUT2D eigenvalue weighted by Gasteiger charge is -2.05. The van der Waals surface area contributed by atoms with Gasteiger partial charge in [-0.2, -0.15) is 5.10 Å². The molecule has 8 heteroatoms. The fraction of sp³-hybridized carbons (Fsp3) is 0.0833. The van der Waals surface area contributed by atoms with Crippen LogP contribution in [0.5, 0.6) is 5.75 Å². The zero-order valence-corrected chi connectivity index (χ0v) is 10.5. The first-order valence-electron chi connectivity index (χ1n) is 5.72. The van der Waals surface area contributed by atoms with E-state index in [4.69, 9.17) is 10.3 Å². The van der Waals surface area contributed by atoms with Gasteiger partial charge in [-0.3, -0.25) is 0 Å². The fourth-order valence-corrected chi connectivity index (χ4v) is 1.96. The van der Waals surface area contributed by atoms with Crippen molar-refractivity contribution in [1.29, 1.82) is 0 Å². The van der Waals surface area contributed by atoms with Crippen molar-refractivity contribution < 1.29 is 4.74 Å². The molecule has 20 heavy (non-hydrogen) atoms. The number of azide groups is 1. The molecule has 0 fully saturated rings. The lowest BCUT2D eigenvalue weighted by molar-refractivity contribution is 0.420. The van der Waals surface area contributed by atoms with E-state index in [0.717, 1.165) is 10.9 Å². The Labute approximate surface area is 113 Å². The third-order valence-electron chi connectivity index (χ3n) is 2.79. The molecule has 0 radical (unpaired) electrons. The van der Waals surface area contributed by atoms with Crippen LogP contribution >= 0.6 is 0 Å². The Balaban J connectivity index is 2.28. The van der Waals surface area contributed by atoms with Gasteiger partial charge >= 0.3 is 0 Å². The molecule has 8 nitrogen and oxygen atoms in total. The van der Waals surface area contributed by atoms with E-state index in [-0.39, 0.29) is 5.82 Å². The molecule has 98 valence electrons. The Morgan fingerprint density at radius 1 is 1.30 bits per heavy atom. The first kappa shape index (κ1) is 11.9. The summed E-state index contributed by atoms with van der Waals surface area (Å²) in [6.07, 6.45) is 4.64. The second kappa shape index (κ2) is 4.87. The van der Waals surface area contributed by atoms with Crippen molar-refractivity contribution >= 4 is 16.7 Å². The number of rotatable bonds is 3. The van der Waals surface area contributed by atoms with Crippen LogP contribution < -0.4 is 4.74 Å². The maximum Gasteiger partial charge on any atom is 0.182 e. The molecule has 0 spiro atoms. The van der Waals surface area contributed by atoms with Crippen molar-refractivity contribution in [1.82, 2.24) is 19.7 Å². The second-order valence-electron chi connectivity index (χ2n) is 3.84. The summed E-state index contributed by atoms with van der Waals surface area (Å²) in [5.41, 5.74) is 9.37. The van der Waals surface area contributed by atoms with E-state index in [1.54, 1.807) is 18.0 Å². The van der Waals surface area contributed by atoms with Gasteiger partial charge in [-0.05, 0) is 22.8 Å². The van der Waals surface area contributed by atoms with Gasteiger partial charge in [-0.1, -0.05) is 6.07 Å². The summed E-state index contributed by atoms with van der Waals surface area (Å²) < 4.78 is 6.85. The quantitative estimate of drug-likeness (QED) is 0.413. The zero-order valence-electron chi connectivity index (χ0n) is 10.5. The summed E-state index contributed by atoms with van der Waals surface area (Å²) in [7, 11) is 1.60. The first-order chi connectivity index (χ1) is 9.85. The van der Waals surface area contributed by atoms with E-state index < -0.39 is 0 Å². The second-order valence-corrected chi connectivity index (χ2v) is 3.84. The third-order valence-corrected chi connectivity index (χ3v) is 2.79. The lowest BCUT2D eigenvalue weighted by Crippen LogP contribution is -2.00. The molecule has 0 saturated carbocycles. The molecule has 1 aromatic carbocycles. The third kappa shape index (κ3) is 1.80. The molecule has 0 bridgehead atoms. The molecule has 2 aromatic heterocycles. The molecule has 0 aliphatic rings. The predicted molar refractivity (Wildman–Crippen MR) is 72.0 cm³/mol. The summed E-state index contributed by atoms with van der Waals surface area (Å²) in [5.74, 6) is 1.25. The summed E-state index contributed by atoms with van der Waals surface area (Å²) in [5, 5.41) is 8.64. The topological polar surface area (TPSA) is 102 Å². The highest BCUT2D eigenvalue weighted by Gasteiger charge is 2.12. The van der Waals surface area contributed by atoms with E-state index in [1.807, 2.05) is 18.2 Å².